The monoisotopic (exact) mass is 192 g/mol. The molecule has 6 heteroatoms. The summed E-state index contributed by atoms with van der Waals surface area (Å²) in [6, 6.07) is -0.754. The van der Waals surface area contributed by atoms with E-state index >= 15 is 0 Å². The van der Waals surface area contributed by atoms with E-state index in [1.807, 2.05) is 0 Å². The lowest BCUT2D eigenvalue weighted by atomic mass is 10.1. The first kappa shape index (κ1) is 9.88. The highest BCUT2D eigenvalue weighted by atomic mass is 19.3. The second-order valence-electron chi connectivity index (χ2n) is 3.36. The SMILES string of the molecule is CC1(C)NC(=O)N(CC(F)F)C1=O. The van der Waals surface area contributed by atoms with Crippen molar-refractivity contribution < 1.29 is 18.4 Å². The van der Waals surface area contributed by atoms with Gasteiger partial charge in [-0.25, -0.2) is 13.6 Å². The number of nitrogens with one attached hydrogen (secondary N) is 1. The number of urea groups is 1. The van der Waals surface area contributed by atoms with Crippen LogP contribution in [0.2, 0.25) is 0 Å². The highest BCUT2D eigenvalue weighted by molar-refractivity contribution is 6.06. The normalized spacial score (nSPS) is 21.2. The van der Waals surface area contributed by atoms with Crippen molar-refractivity contribution in [1.82, 2.24) is 10.2 Å². The fourth-order valence-corrected chi connectivity index (χ4v) is 1.12. The summed E-state index contributed by atoms with van der Waals surface area (Å²) in [6.07, 6.45) is -2.69. The average Bonchev–Trinajstić information content (AvgIpc) is 2.12. The largest absolute Gasteiger partial charge is 0.325 e. The number of amides is 3. The molecule has 0 bridgehead atoms. The van der Waals surface area contributed by atoms with Gasteiger partial charge in [-0.15, -0.1) is 0 Å². The standard InChI is InChI=1S/C7H10F2N2O2/c1-7(2)5(12)11(3-4(8)9)6(13)10-7/h4H,3H2,1-2H3,(H,10,13). The summed E-state index contributed by atoms with van der Waals surface area (Å²) in [5.74, 6) is -0.613. The Kier molecular flexibility index (Phi) is 2.23. The number of carbonyl (C=O) groups excluding carboxylic acids is 2. The van der Waals surface area contributed by atoms with E-state index in [0.717, 1.165) is 0 Å². The Morgan fingerprint density at radius 2 is 2.00 bits per heavy atom. The van der Waals surface area contributed by atoms with E-state index in [1.165, 1.54) is 13.8 Å². The van der Waals surface area contributed by atoms with E-state index in [-0.39, 0.29) is 0 Å². The number of carbonyl (C=O) groups is 2. The van der Waals surface area contributed by atoms with Gasteiger partial charge in [0.15, 0.2) is 0 Å². The fraction of sp³-hybridized carbons (Fsp3) is 0.714. The number of imide groups is 1. The van der Waals surface area contributed by atoms with Crippen LogP contribution in [-0.4, -0.2) is 35.3 Å². The lowest BCUT2D eigenvalue weighted by molar-refractivity contribution is -0.131. The Bertz CT molecular complexity index is 253. The zero-order valence-corrected chi connectivity index (χ0v) is 7.30. The van der Waals surface area contributed by atoms with Crippen LogP contribution >= 0.6 is 0 Å². The van der Waals surface area contributed by atoms with Gasteiger partial charge in [0.25, 0.3) is 12.3 Å². The van der Waals surface area contributed by atoms with Gasteiger partial charge in [0.05, 0.1) is 6.54 Å². The first-order valence-electron chi connectivity index (χ1n) is 3.77. The van der Waals surface area contributed by atoms with Crippen LogP contribution in [0.15, 0.2) is 0 Å². The predicted octanol–water partition coefficient (Wildman–Crippen LogP) is 0.582. The molecule has 13 heavy (non-hydrogen) atoms. The third kappa shape index (κ3) is 1.76. The highest BCUT2D eigenvalue weighted by Crippen LogP contribution is 2.17. The molecule has 1 heterocycles. The number of nitrogens with zero attached hydrogens (tertiary/aromatic N) is 1. The molecule has 0 aromatic rings. The highest BCUT2D eigenvalue weighted by Gasteiger charge is 2.44. The predicted molar refractivity (Wildman–Crippen MR) is 40.3 cm³/mol. The average molecular weight is 192 g/mol. The molecule has 1 N–H and O–H groups in total. The van der Waals surface area contributed by atoms with E-state index in [2.05, 4.69) is 5.32 Å². The van der Waals surface area contributed by atoms with Crippen LogP contribution in [0.4, 0.5) is 13.6 Å². The van der Waals surface area contributed by atoms with E-state index in [0.29, 0.717) is 4.90 Å². The molecule has 3 amide bonds. The topological polar surface area (TPSA) is 49.4 Å². The maximum atomic E-state index is 11.9. The fourth-order valence-electron chi connectivity index (χ4n) is 1.12. The number of hydrogen-bond donors (Lipinski definition) is 1. The summed E-state index contributed by atoms with van der Waals surface area (Å²) in [5, 5.41) is 2.30. The van der Waals surface area contributed by atoms with E-state index in [9.17, 15) is 18.4 Å². The Labute approximate surface area is 73.9 Å². The second-order valence-corrected chi connectivity index (χ2v) is 3.36. The zero-order chi connectivity index (χ0) is 10.2. The van der Waals surface area contributed by atoms with Gasteiger partial charge in [0.1, 0.15) is 5.54 Å². The van der Waals surface area contributed by atoms with Crippen molar-refractivity contribution in [3.05, 3.63) is 0 Å². The van der Waals surface area contributed by atoms with Crippen molar-refractivity contribution in [1.29, 1.82) is 0 Å². The Balaban J connectivity index is 2.77. The molecule has 0 aromatic carbocycles. The maximum Gasteiger partial charge on any atom is 0.325 e. The van der Waals surface area contributed by atoms with Crippen LogP contribution in [-0.2, 0) is 4.79 Å². The Morgan fingerprint density at radius 1 is 1.46 bits per heavy atom. The third-order valence-electron chi connectivity index (χ3n) is 1.76. The van der Waals surface area contributed by atoms with E-state index < -0.39 is 30.4 Å². The molecule has 1 fully saturated rings. The minimum absolute atomic E-state index is 0.532. The van der Waals surface area contributed by atoms with Crippen LogP contribution in [0.3, 0.4) is 0 Å². The van der Waals surface area contributed by atoms with Gasteiger partial charge in [0, 0.05) is 0 Å². The molecular weight excluding hydrogens is 182 g/mol. The maximum absolute atomic E-state index is 11.9. The number of rotatable bonds is 2. The summed E-state index contributed by atoms with van der Waals surface area (Å²) in [5.41, 5.74) is -1.06. The van der Waals surface area contributed by atoms with Crippen LogP contribution in [0.5, 0.6) is 0 Å². The molecule has 0 atom stereocenters. The van der Waals surface area contributed by atoms with Gasteiger partial charge in [0.2, 0.25) is 0 Å². The minimum atomic E-state index is -2.69. The molecule has 0 unspecified atom stereocenters. The summed E-state index contributed by atoms with van der Waals surface area (Å²) in [4.78, 5) is 22.8. The van der Waals surface area contributed by atoms with E-state index in [1.54, 1.807) is 0 Å². The van der Waals surface area contributed by atoms with Crippen LogP contribution in [0, 0.1) is 0 Å². The van der Waals surface area contributed by atoms with Crippen molar-refractivity contribution >= 4 is 11.9 Å². The molecular formula is C7H10F2N2O2. The minimum Gasteiger partial charge on any atom is -0.324 e. The van der Waals surface area contributed by atoms with Gasteiger partial charge < -0.3 is 5.32 Å². The first-order valence-corrected chi connectivity index (χ1v) is 3.77. The van der Waals surface area contributed by atoms with Crippen LogP contribution in [0.1, 0.15) is 13.8 Å². The molecule has 1 rings (SSSR count). The quantitative estimate of drug-likeness (QED) is 0.650. The molecule has 0 aromatic heterocycles. The van der Waals surface area contributed by atoms with Crippen molar-refractivity contribution in [2.45, 2.75) is 25.8 Å². The Hall–Kier alpha value is -1.20. The Morgan fingerprint density at radius 3 is 2.31 bits per heavy atom. The molecule has 0 saturated carbocycles. The first-order chi connectivity index (χ1) is 5.84. The second kappa shape index (κ2) is 2.93. The van der Waals surface area contributed by atoms with Gasteiger partial charge >= 0.3 is 6.03 Å². The zero-order valence-electron chi connectivity index (χ0n) is 7.30. The molecule has 4 nitrogen and oxygen atoms in total. The third-order valence-corrected chi connectivity index (χ3v) is 1.76. The van der Waals surface area contributed by atoms with Crippen molar-refractivity contribution in [3.63, 3.8) is 0 Å². The van der Waals surface area contributed by atoms with Gasteiger partial charge in [-0.2, -0.15) is 0 Å². The van der Waals surface area contributed by atoms with Gasteiger partial charge in [-0.05, 0) is 13.8 Å². The number of hydrogen-bond acceptors (Lipinski definition) is 2. The van der Waals surface area contributed by atoms with Crippen molar-refractivity contribution in [2.24, 2.45) is 0 Å². The van der Waals surface area contributed by atoms with Crippen molar-refractivity contribution in [3.8, 4) is 0 Å². The van der Waals surface area contributed by atoms with E-state index in [4.69, 9.17) is 0 Å². The molecule has 0 aliphatic carbocycles. The lowest BCUT2D eigenvalue weighted by Crippen LogP contribution is -2.40. The molecule has 1 aliphatic heterocycles. The summed E-state index contributed by atoms with van der Waals surface area (Å²) < 4.78 is 23.8. The molecule has 0 spiro atoms. The molecule has 1 aliphatic rings. The van der Waals surface area contributed by atoms with Gasteiger partial charge in [-0.1, -0.05) is 0 Å². The number of alkyl halides is 2. The van der Waals surface area contributed by atoms with Crippen LogP contribution in [0.25, 0.3) is 0 Å². The summed E-state index contributed by atoms with van der Waals surface area (Å²) >= 11 is 0. The van der Waals surface area contributed by atoms with Crippen molar-refractivity contribution in [2.75, 3.05) is 6.54 Å². The summed E-state index contributed by atoms with van der Waals surface area (Å²) in [6.45, 7) is 2.10. The smallest absolute Gasteiger partial charge is 0.324 e. The molecule has 0 radical (unpaired) electrons. The number of halogens is 2. The summed E-state index contributed by atoms with van der Waals surface area (Å²) in [7, 11) is 0. The molecule has 1 saturated heterocycles. The molecule has 74 valence electrons. The lowest BCUT2D eigenvalue weighted by Gasteiger charge is -2.15. The van der Waals surface area contributed by atoms with Gasteiger partial charge in [-0.3, -0.25) is 9.69 Å². The van der Waals surface area contributed by atoms with Crippen LogP contribution < -0.4 is 5.32 Å².